The molecule has 0 aromatic carbocycles. The van der Waals surface area contributed by atoms with Gasteiger partial charge < -0.3 is 10.5 Å². The number of ether oxygens (including phenoxy) is 1. The van der Waals surface area contributed by atoms with Gasteiger partial charge in [0.05, 0.1) is 0 Å². The summed E-state index contributed by atoms with van der Waals surface area (Å²) in [5.74, 6) is 0.526. The van der Waals surface area contributed by atoms with Gasteiger partial charge in [0, 0.05) is 26.0 Å². The summed E-state index contributed by atoms with van der Waals surface area (Å²) in [6, 6.07) is 2.00. The summed E-state index contributed by atoms with van der Waals surface area (Å²) >= 11 is 0. The van der Waals surface area contributed by atoms with Gasteiger partial charge in [-0.3, -0.25) is 4.57 Å². The van der Waals surface area contributed by atoms with Gasteiger partial charge in [-0.1, -0.05) is 6.92 Å². The topological polar surface area (TPSA) is 66.0 Å². The highest BCUT2D eigenvalue weighted by atomic mass is 16.5. The fourth-order valence-electron chi connectivity index (χ4n) is 1.92. The lowest BCUT2D eigenvalue weighted by Crippen LogP contribution is -2.07. The van der Waals surface area contributed by atoms with E-state index in [1.165, 1.54) is 0 Å². The van der Waals surface area contributed by atoms with Crippen molar-refractivity contribution in [2.45, 2.75) is 33.2 Å². The van der Waals surface area contributed by atoms with Crippen LogP contribution in [0.4, 0.5) is 5.95 Å². The van der Waals surface area contributed by atoms with Crippen molar-refractivity contribution in [3.63, 3.8) is 0 Å². The molecule has 0 bridgehead atoms. The van der Waals surface area contributed by atoms with Gasteiger partial charge in [0.2, 0.25) is 5.95 Å². The molecule has 0 unspecified atom stereocenters. The number of fused-ring (bicyclic) bond motifs is 1. The Kier molecular flexibility index (Phi) is 4.15. The van der Waals surface area contributed by atoms with Crippen molar-refractivity contribution in [2.75, 3.05) is 18.9 Å². The molecule has 0 atom stereocenters. The molecule has 0 fully saturated rings. The van der Waals surface area contributed by atoms with E-state index in [2.05, 4.69) is 16.9 Å². The largest absolute Gasteiger partial charge is 0.381 e. The second-order valence-electron chi connectivity index (χ2n) is 4.44. The van der Waals surface area contributed by atoms with Crippen molar-refractivity contribution >= 4 is 17.1 Å². The zero-order valence-electron chi connectivity index (χ0n) is 11.0. The minimum absolute atomic E-state index is 0.526. The lowest BCUT2D eigenvalue weighted by molar-refractivity contribution is 0.129. The van der Waals surface area contributed by atoms with Crippen LogP contribution in [0.1, 0.15) is 25.3 Å². The minimum Gasteiger partial charge on any atom is -0.381 e. The number of imidazole rings is 1. The SMILES string of the molecule is CCCOCCCn1c(N)nc2cc(C)cnc21. The van der Waals surface area contributed by atoms with Crippen LogP contribution in [0.5, 0.6) is 0 Å². The Morgan fingerprint density at radius 1 is 1.39 bits per heavy atom. The monoisotopic (exact) mass is 248 g/mol. The molecule has 0 aliphatic rings. The van der Waals surface area contributed by atoms with Crippen molar-refractivity contribution in [1.82, 2.24) is 14.5 Å². The lowest BCUT2D eigenvalue weighted by Gasteiger charge is -2.06. The quantitative estimate of drug-likeness (QED) is 0.795. The number of hydrogen-bond donors (Lipinski definition) is 1. The molecular weight excluding hydrogens is 228 g/mol. The van der Waals surface area contributed by atoms with Crippen molar-refractivity contribution in [3.8, 4) is 0 Å². The molecule has 2 aromatic rings. The first kappa shape index (κ1) is 12.8. The number of aromatic nitrogens is 3. The van der Waals surface area contributed by atoms with E-state index in [-0.39, 0.29) is 0 Å². The van der Waals surface area contributed by atoms with Gasteiger partial charge in [0.1, 0.15) is 5.52 Å². The molecule has 0 amide bonds. The number of pyridine rings is 1. The molecule has 5 heteroatoms. The Morgan fingerprint density at radius 3 is 3.00 bits per heavy atom. The number of hydrogen-bond acceptors (Lipinski definition) is 4. The van der Waals surface area contributed by atoms with Gasteiger partial charge >= 0.3 is 0 Å². The van der Waals surface area contributed by atoms with Crippen LogP contribution < -0.4 is 5.73 Å². The lowest BCUT2D eigenvalue weighted by atomic mass is 10.3. The second kappa shape index (κ2) is 5.82. The summed E-state index contributed by atoms with van der Waals surface area (Å²) < 4.78 is 7.41. The van der Waals surface area contributed by atoms with Crippen LogP contribution in [0.25, 0.3) is 11.2 Å². The molecular formula is C13H20N4O. The first-order valence-electron chi connectivity index (χ1n) is 6.38. The number of nitrogen functional groups attached to an aromatic ring is 1. The minimum atomic E-state index is 0.526. The molecule has 2 aromatic heterocycles. The summed E-state index contributed by atoms with van der Waals surface area (Å²) in [4.78, 5) is 8.72. The van der Waals surface area contributed by atoms with Gasteiger partial charge in [-0.25, -0.2) is 9.97 Å². The third-order valence-electron chi connectivity index (χ3n) is 2.77. The molecule has 2 N–H and O–H groups in total. The van der Waals surface area contributed by atoms with Crippen LogP contribution in [0, 0.1) is 6.92 Å². The number of nitrogens with zero attached hydrogens (tertiary/aromatic N) is 3. The van der Waals surface area contributed by atoms with Crippen molar-refractivity contribution in [3.05, 3.63) is 17.8 Å². The fourth-order valence-corrected chi connectivity index (χ4v) is 1.92. The number of anilines is 1. The molecule has 0 aliphatic carbocycles. The molecule has 98 valence electrons. The average molecular weight is 248 g/mol. The van der Waals surface area contributed by atoms with Crippen LogP contribution in [-0.4, -0.2) is 27.7 Å². The van der Waals surface area contributed by atoms with Crippen LogP contribution in [0.3, 0.4) is 0 Å². The number of nitrogens with two attached hydrogens (primary N) is 1. The van der Waals surface area contributed by atoms with Gasteiger partial charge in [-0.15, -0.1) is 0 Å². The molecule has 5 nitrogen and oxygen atoms in total. The van der Waals surface area contributed by atoms with E-state index in [1.54, 1.807) is 0 Å². The molecule has 0 radical (unpaired) electrons. The van der Waals surface area contributed by atoms with E-state index in [1.807, 2.05) is 23.8 Å². The smallest absolute Gasteiger partial charge is 0.202 e. The zero-order chi connectivity index (χ0) is 13.0. The second-order valence-corrected chi connectivity index (χ2v) is 4.44. The maximum atomic E-state index is 5.92. The van der Waals surface area contributed by atoms with Crippen LogP contribution >= 0.6 is 0 Å². The molecule has 0 saturated carbocycles. The summed E-state index contributed by atoms with van der Waals surface area (Å²) in [5, 5.41) is 0. The van der Waals surface area contributed by atoms with Crippen LogP contribution in [0.15, 0.2) is 12.3 Å². The third kappa shape index (κ3) is 2.79. The Labute approximate surface area is 107 Å². The highest BCUT2D eigenvalue weighted by Gasteiger charge is 2.08. The predicted molar refractivity (Wildman–Crippen MR) is 72.4 cm³/mol. The van der Waals surface area contributed by atoms with E-state index in [0.29, 0.717) is 5.95 Å². The van der Waals surface area contributed by atoms with Gasteiger partial charge in [0.15, 0.2) is 5.65 Å². The van der Waals surface area contributed by atoms with Gasteiger partial charge in [0.25, 0.3) is 0 Å². The van der Waals surface area contributed by atoms with Crippen LogP contribution in [0.2, 0.25) is 0 Å². The standard InChI is InChI=1S/C13H20N4O/c1-3-6-18-7-4-5-17-12-11(16-13(17)14)8-10(2)9-15-12/h8-9H,3-7H2,1-2H3,(H2,14,16). The molecule has 2 heterocycles. The highest BCUT2D eigenvalue weighted by molar-refractivity contribution is 5.74. The van der Waals surface area contributed by atoms with E-state index in [4.69, 9.17) is 10.5 Å². The highest BCUT2D eigenvalue weighted by Crippen LogP contribution is 2.16. The van der Waals surface area contributed by atoms with Crippen molar-refractivity contribution in [2.24, 2.45) is 0 Å². The normalized spacial score (nSPS) is 11.2. The predicted octanol–water partition coefficient (Wildman–Crippen LogP) is 2.14. The fraction of sp³-hybridized carbons (Fsp3) is 0.538. The molecule has 0 aliphatic heterocycles. The number of rotatable bonds is 6. The Balaban J connectivity index is 2.05. The average Bonchev–Trinajstić information content (AvgIpc) is 2.64. The van der Waals surface area contributed by atoms with E-state index in [9.17, 15) is 0 Å². The summed E-state index contributed by atoms with van der Waals surface area (Å²) in [6.45, 7) is 6.46. The van der Waals surface area contributed by atoms with Crippen molar-refractivity contribution in [1.29, 1.82) is 0 Å². The van der Waals surface area contributed by atoms with E-state index < -0.39 is 0 Å². The maximum Gasteiger partial charge on any atom is 0.202 e. The number of aryl methyl sites for hydroxylation is 2. The van der Waals surface area contributed by atoms with Crippen molar-refractivity contribution < 1.29 is 4.74 Å². The molecule has 0 spiro atoms. The summed E-state index contributed by atoms with van der Waals surface area (Å²) in [6.07, 6.45) is 3.82. The summed E-state index contributed by atoms with van der Waals surface area (Å²) in [5.41, 5.74) is 8.73. The molecule has 2 rings (SSSR count). The zero-order valence-corrected chi connectivity index (χ0v) is 11.0. The molecule has 18 heavy (non-hydrogen) atoms. The van der Waals surface area contributed by atoms with E-state index >= 15 is 0 Å². The first-order chi connectivity index (χ1) is 8.72. The Morgan fingerprint density at radius 2 is 2.22 bits per heavy atom. The first-order valence-corrected chi connectivity index (χ1v) is 6.38. The van der Waals surface area contributed by atoms with E-state index in [0.717, 1.165) is 49.3 Å². The van der Waals surface area contributed by atoms with Gasteiger partial charge in [-0.2, -0.15) is 0 Å². The Hall–Kier alpha value is -1.62. The van der Waals surface area contributed by atoms with Crippen LogP contribution in [-0.2, 0) is 11.3 Å². The third-order valence-corrected chi connectivity index (χ3v) is 2.77. The maximum absolute atomic E-state index is 5.92. The molecule has 0 saturated heterocycles. The summed E-state index contributed by atoms with van der Waals surface area (Å²) in [7, 11) is 0. The Bertz CT molecular complexity index is 521. The van der Waals surface area contributed by atoms with Gasteiger partial charge in [-0.05, 0) is 31.4 Å².